The molecule has 7 rings (SSSR count). The summed E-state index contributed by atoms with van der Waals surface area (Å²) < 4.78 is 0. The molecule has 4 aliphatic carbocycles. The molecule has 2 heterocycles. The number of nitrogens with one attached hydrogen (secondary N) is 1. The maximum Gasteiger partial charge on any atom is 0.254 e. The first-order valence-corrected chi connectivity index (χ1v) is 17.9. The molecule has 1 aromatic rings. The van der Waals surface area contributed by atoms with Crippen molar-refractivity contribution < 1.29 is 14.7 Å². The summed E-state index contributed by atoms with van der Waals surface area (Å²) in [6.07, 6.45) is 20.5. The number of benzene rings is 1. The Bertz CT molecular complexity index is 1130. The third-order valence-corrected chi connectivity index (χ3v) is 12.3. The lowest BCUT2D eigenvalue weighted by Gasteiger charge is -2.49. The molecular formula is C36H54N4O3. The standard InChI is InChI=1S/C36H54N4O3/c41-33(38-20-22-39(23-21-38)34(42)36(43)18-19-36)29-14-12-28(13-15-29)30-16-17-35(31-8-6-4-2-1-3-5-7-9-31)26-37-40(32(35)24-30)25-27-10-11-27/h12-15,27,30-32,37,43H,1-11,16-26H2. The van der Waals surface area contributed by atoms with Crippen molar-refractivity contribution in [3.8, 4) is 0 Å². The smallest absolute Gasteiger partial charge is 0.254 e. The summed E-state index contributed by atoms with van der Waals surface area (Å²) in [5.74, 6) is 2.17. The molecule has 3 atom stereocenters. The van der Waals surface area contributed by atoms with E-state index in [1.165, 1.54) is 109 Å². The highest BCUT2D eigenvalue weighted by Gasteiger charge is 2.55. The second-order valence-electron chi connectivity index (χ2n) is 15.1. The molecule has 2 N–H and O–H groups in total. The van der Waals surface area contributed by atoms with E-state index in [2.05, 4.69) is 22.6 Å². The number of carbonyl (C=O) groups excluding carboxylic acids is 2. The van der Waals surface area contributed by atoms with Gasteiger partial charge in [-0.15, -0.1) is 0 Å². The lowest BCUT2D eigenvalue weighted by Crippen LogP contribution is -2.53. The van der Waals surface area contributed by atoms with Crippen molar-refractivity contribution >= 4 is 11.8 Å². The first kappa shape index (κ1) is 29.7. The SMILES string of the molecule is O=C(c1ccc(C2CCC3(C4CCCCCCCCC4)CNN(CC4CC4)C3C2)cc1)N1CCN(C(=O)C2(O)CC2)CC1. The van der Waals surface area contributed by atoms with Crippen LogP contribution >= 0.6 is 0 Å². The number of hydrazine groups is 1. The van der Waals surface area contributed by atoms with Gasteiger partial charge in [-0.05, 0) is 93.2 Å². The van der Waals surface area contributed by atoms with Crippen LogP contribution in [0.5, 0.6) is 0 Å². The monoisotopic (exact) mass is 590 g/mol. The van der Waals surface area contributed by atoms with Crippen LogP contribution in [-0.2, 0) is 4.79 Å². The molecule has 2 aliphatic heterocycles. The van der Waals surface area contributed by atoms with E-state index >= 15 is 0 Å². The molecule has 2 amide bonds. The van der Waals surface area contributed by atoms with Gasteiger partial charge in [0.2, 0.25) is 0 Å². The summed E-state index contributed by atoms with van der Waals surface area (Å²) >= 11 is 0. The van der Waals surface area contributed by atoms with Crippen LogP contribution in [-0.4, -0.2) is 82.6 Å². The Morgan fingerprint density at radius 1 is 0.791 bits per heavy atom. The molecule has 0 aromatic heterocycles. The number of rotatable bonds is 6. The fraction of sp³-hybridized carbons (Fsp3) is 0.778. The summed E-state index contributed by atoms with van der Waals surface area (Å²) in [7, 11) is 0. The van der Waals surface area contributed by atoms with E-state index in [9.17, 15) is 14.7 Å². The molecule has 3 unspecified atom stereocenters. The third kappa shape index (κ3) is 6.28. The van der Waals surface area contributed by atoms with E-state index in [4.69, 9.17) is 0 Å². The van der Waals surface area contributed by atoms with Crippen molar-refractivity contribution in [2.24, 2.45) is 17.3 Å². The van der Waals surface area contributed by atoms with Gasteiger partial charge in [-0.2, -0.15) is 0 Å². The summed E-state index contributed by atoms with van der Waals surface area (Å²) in [5, 5.41) is 12.9. The van der Waals surface area contributed by atoms with E-state index in [1.807, 2.05) is 17.0 Å². The molecule has 43 heavy (non-hydrogen) atoms. The Morgan fingerprint density at radius 2 is 1.42 bits per heavy atom. The first-order chi connectivity index (χ1) is 21.0. The Kier molecular flexibility index (Phi) is 8.60. The van der Waals surface area contributed by atoms with E-state index in [-0.39, 0.29) is 11.8 Å². The molecule has 4 saturated carbocycles. The van der Waals surface area contributed by atoms with Crippen molar-refractivity contribution in [1.82, 2.24) is 20.2 Å². The number of fused-ring (bicyclic) bond motifs is 1. The Balaban J connectivity index is 1.01. The van der Waals surface area contributed by atoms with Gasteiger partial charge in [0.05, 0.1) is 0 Å². The number of carbonyl (C=O) groups is 2. The Hall–Kier alpha value is -1.96. The van der Waals surface area contributed by atoms with Gasteiger partial charge in [-0.1, -0.05) is 57.1 Å². The number of nitrogens with zero attached hydrogens (tertiary/aromatic N) is 3. The highest BCUT2D eigenvalue weighted by molar-refractivity contribution is 5.94. The average Bonchev–Trinajstić information content (AvgIpc) is 3.98. The second kappa shape index (κ2) is 12.4. The van der Waals surface area contributed by atoms with Gasteiger partial charge in [0.1, 0.15) is 5.60 Å². The van der Waals surface area contributed by atoms with E-state index < -0.39 is 5.60 Å². The zero-order valence-electron chi connectivity index (χ0n) is 26.3. The van der Waals surface area contributed by atoms with Crippen LogP contribution in [0.15, 0.2) is 24.3 Å². The summed E-state index contributed by atoms with van der Waals surface area (Å²) in [6, 6.07) is 9.16. The fourth-order valence-electron chi connectivity index (χ4n) is 9.13. The van der Waals surface area contributed by atoms with Crippen LogP contribution in [0.1, 0.15) is 125 Å². The van der Waals surface area contributed by atoms with Gasteiger partial charge in [-0.25, -0.2) is 5.01 Å². The number of piperazine rings is 1. The predicted octanol–water partition coefficient (Wildman–Crippen LogP) is 5.49. The zero-order valence-corrected chi connectivity index (χ0v) is 26.3. The van der Waals surface area contributed by atoms with Gasteiger partial charge in [0.25, 0.3) is 11.8 Å². The molecule has 7 nitrogen and oxygen atoms in total. The minimum Gasteiger partial charge on any atom is -0.380 e. The molecule has 7 heteroatoms. The maximum absolute atomic E-state index is 13.3. The van der Waals surface area contributed by atoms with E-state index in [0.717, 1.165) is 17.4 Å². The zero-order chi connectivity index (χ0) is 29.4. The highest BCUT2D eigenvalue weighted by Crippen LogP contribution is 2.54. The number of amides is 2. The molecule has 6 aliphatic rings. The van der Waals surface area contributed by atoms with Crippen LogP contribution in [0.2, 0.25) is 0 Å². The summed E-state index contributed by atoms with van der Waals surface area (Å²) in [4.78, 5) is 29.4. The molecular weight excluding hydrogens is 536 g/mol. The van der Waals surface area contributed by atoms with Crippen LogP contribution in [0, 0.1) is 17.3 Å². The third-order valence-electron chi connectivity index (χ3n) is 12.3. The molecule has 236 valence electrons. The first-order valence-electron chi connectivity index (χ1n) is 17.9. The van der Waals surface area contributed by atoms with Crippen LogP contribution in [0.3, 0.4) is 0 Å². The number of aliphatic hydroxyl groups is 1. The van der Waals surface area contributed by atoms with Crippen molar-refractivity contribution in [3.05, 3.63) is 35.4 Å². The number of hydrogen-bond acceptors (Lipinski definition) is 5. The van der Waals surface area contributed by atoms with Gasteiger partial charge >= 0.3 is 0 Å². The fourth-order valence-corrected chi connectivity index (χ4v) is 9.13. The highest BCUT2D eigenvalue weighted by atomic mass is 16.3. The predicted molar refractivity (Wildman–Crippen MR) is 168 cm³/mol. The van der Waals surface area contributed by atoms with Gasteiger partial charge in [-0.3, -0.25) is 15.0 Å². The summed E-state index contributed by atoms with van der Waals surface area (Å²) in [5.41, 5.74) is 5.40. The van der Waals surface area contributed by atoms with Gasteiger partial charge < -0.3 is 14.9 Å². The minimum absolute atomic E-state index is 0.0537. The lowest BCUT2D eigenvalue weighted by atomic mass is 9.58. The molecule has 0 spiro atoms. The molecule has 1 aromatic carbocycles. The van der Waals surface area contributed by atoms with Crippen LogP contribution < -0.4 is 5.43 Å². The van der Waals surface area contributed by atoms with Crippen molar-refractivity contribution in [2.75, 3.05) is 39.3 Å². The average molecular weight is 591 g/mol. The van der Waals surface area contributed by atoms with Crippen molar-refractivity contribution in [2.45, 2.75) is 120 Å². The van der Waals surface area contributed by atoms with Crippen LogP contribution in [0.4, 0.5) is 0 Å². The lowest BCUT2D eigenvalue weighted by molar-refractivity contribution is -0.143. The van der Waals surface area contributed by atoms with Crippen LogP contribution in [0.25, 0.3) is 0 Å². The van der Waals surface area contributed by atoms with Gasteiger partial charge in [0, 0.05) is 56.3 Å². The van der Waals surface area contributed by atoms with Crippen molar-refractivity contribution in [3.63, 3.8) is 0 Å². The largest absolute Gasteiger partial charge is 0.380 e. The Labute approximate surface area is 258 Å². The maximum atomic E-state index is 13.3. The Morgan fingerprint density at radius 3 is 2.05 bits per heavy atom. The van der Waals surface area contributed by atoms with E-state index in [1.54, 1.807) is 4.90 Å². The topological polar surface area (TPSA) is 76.1 Å². The number of hydrogen-bond donors (Lipinski definition) is 2. The second-order valence-corrected chi connectivity index (χ2v) is 15.1. The van der Waals surface area contributed by atoms with Gasteiger partial charge in [0.15, 0.2) is 0 Å². The molecule has 2 saturated heterocycles. The van der Waals surface area contributed by atoms with E-state index in [0.29, 0.717) is 56.4 Å². The van der Waals surface area contributed by atoms with Crippen molar-refractivity contribution in [1.29, 1.82) is 0 Å². The minimum atomic E-state index is -1.13. The normalized spacial score (nSPS) is 32.3. The quantitative estimate of drug-likeness (QED) is 0.458. The summed E-state index contributed by atoms with van der Waals surface area (Å²) in [6.45, 7) is 4.45. The molecule has 6 fully saturated rings. The molecule has 0 bridgehead atoms. The molecule has 0 radical (unpaired) electrons.